The average Bonchev–Trinajstić information content (AvgIpc) is 3.93. The fourth-order valence-electron chi connectivity index (χ4n) is 9.04. The van der Waals surface area contributed by atoms with Gasteiger partial charge in [-0.1, -0.05) is 121 Å². The van der Waals surface area contributed by atoms with Crippen LogP contribution < -0.4 is 0 Å². The molecule has 0 saturated heterocycles. The van der Waals surface area contributed by atoms with Gasteiger partial charge in [0.15, 0.2) is 0 Å². The van der Waals surface area contributed by atoms with Crippen molar-refractivity contribution in [3.63, 3.8) is 0 Å². The molecule has 0 bridgehead atoms. The van der Waals surface area contributed by atoms with Crippen LogP contribution in [-0.4, -0.2) is 23.7 Å². The number of hydrogen-bond donors (Lipinski definition) is 0. The summed E-state index contributed by atoms with van der Waals surface area (Å²) in [6.07, 6.45) is 3.70. The summed E-state index contributed by atoms with van der Waals surface area (Å²) in [6, 6.07) is 63.3. The lowest BCUT2D eigenvalue weighted by Crippen LogP contribution is -2.02. The second-order valence-electron chi connectivity index (χ2n) is 14.2. The van der Waals surface area contributed by atoms with Crippen molar-refractivity contribution < 1.29 is 0 Å². The van der Waals surface area contributed by atoms with Crippen molar-refractivity contribution in [2.75, 3.05) is 0 Å². The zero-order valence-electron chi connectivity index (χ0n) is 29.6. The van der Waals surface area contributed by atoms with E-state index in [4.69, 9.17) is 4.98 Å². The van der Waals surface area contributed by atoms with Crippen LogP contribution in [0, 0.1) is 0 Å². The summed E-state index contributed by atoms with van der Waals surface area (Å²) < 4.78 is 7.26. The number of hydrogen-bond acceptors (Lipinski definition) is 2. The molecule has 12 aromatic rings. The molecule has 0 amide bonds. The largest absolute Gasteiger partial charge is 0.307 e. The number of para-hydroxylation sites is 3. The molecule has 0 aliphatic rings. The molecule has 5 heteroatoms. The first-order valence-electron chi connectivity index (χ1n) is 18.7. The van der Waals surface area contributed by atoms with E-state index in [0.29, 0.717) is 0 Å². The molecule has 0 N–H and O–H groups in total. The lowest BCUT2D eigenvalue weighted by atomic mass is 10.00. The minimum Gasteiger partial charge on any atom is -0.307 e. The van der Waals surface area contributed by atoms with Gasteiger partial charge >= 0.3 is 0 Å². The number of aromatic nitrogens is 5. The predicted octanol–water partition coefficient (Wildman–Crippen LogP) is 12.6. The first-order chi connectivity index (χ1) is 27.3. The van der Waals surface area contributed by atoms with Crippen molar-refractivity contribution in [1.82, 2.24) is 23.7 Å². The summed E-state index contributed by atoms with van der Waals surface area (Å²) in [4.78, 5) is 9.83. The van der Waals surface area contributed by atoms with Gasteiger partial charge in [-0.25, -0.2) is 4.98 Å². The molecule has 55 heavy (non-hydrogen) atoms. The standard InChI is InChI=1S/C50H31N5/c1-2-13-33(14-3-1)53-44-23-10-8-19-38(44)42-25-26-43-39-20-9-11-24-45(39)54(49(43)48(42)53)34-15-12-16-35(31-34)55-47-41-22-7-5-18-37(41)36-17-4-6-21-40(36)46(47)52-50(55)32-27-29-51-30-28-32/h1-31H. The highest BCUT2D eigenvalue weighted by Crippen LogP contribution is 2.43. The SMILES string of the molecule is c1ccc(-n2c3ccccc3c3ccc4c5ccccc5n(-c5cccc(-n6c(-c7ccncc7)nc7c8ccccc8c8ccccc8c76)c5)c4c32)cc1. The maximum atomic E-state index is 5.47. The second kappa shape index (κ2) is 11.5. The van der Waals surface area contributed by atoms with Crippen molar-refractivity contribution in [2.45, 2.75) is 0 Å². The van der Waals surface area contributed by atoms with Gasteiger partial charge in [0.2, 0.25) is 0 Å². The van der Waals surface area contributed by atoms with Crippen LogP contribution in [-0.2, 0) is 0 Å². The molecule has 0 fully saturated rings. The number of benzene rings is 8. The van der Waals surface area contributed by atoms with E-state index in [1.54, 1.807) is 0 Å². The first-order valence-corrected chi connectivity index (χ1v) is 18.7. The molecule has 0 saturated carbocycles. The maximum Gasteiger partial charge on any atom is 0.145 e. The highest BCUT2D eigenvalue weighted by molar-refractivity contribution is 6.25. The van der Waals surface area contributed by atoms with Gasteiger partial charge in [0, 0.05) is 67.3 Å². The van der Waals surface area contributed by atoms with Gasteiger partial charge in [0.05, 0.1) is 33.1 Å². The monoisotopic (exact) mass is 701 g/mol. The van der Waals surface area contributed by atoms with Crippen LogP contribution in [0.15, 0.2) is 188 Å². The van der Waals surface area contributed by atoms with Crippen LogP contribution in [0.2, 0.25) is 0 Å². The number of pyridine rings is 1. The lowest BCUT2D eigenvalue weighted by molar-refractivity contribution is 1.09. The van der Waals surface area contributed by atoms with Gasteiger partial charge in [-0.2, -0.15) is 0 Å². The summed E-state index contributed by atoms with van der Waals surface area (Å²) in [5, 5.41) is 9.62. The van der Waals surface area contributed by atoms with E-state index in [-0.39, 0.29) is 0 Å². The van der Waals surface area contributed by atoms with Crippen molar-refractivity contribution in [1.29, 1.82) is 0 Å². The molecule has 12 rings (SSSR count). The zero-order chi connectivity index (χ0) is 36.0. The normalized spacial score (nSPS) is 12.0. The molecule has 5 nitrogen and oxygen atoms in total. The van der Waals surface area contributed by atoms with Gasteiger partial charge < -0.3 is 9.13 Å². The number of fused-ring (bicyclic) bond motifs is 13. The lowest BCUT2D eigenvalue weighted by Gasteiger charge is -2.16. The summed E-state index contributed by atoms with van der Waals surface area (Å²) >= 11 is 0. The summed E-state index contributed by atoms with van der Waals surface area (Å²) in [6.45, 7) is 0. The Morgan fingerprint density at radius 2 is 0.800 bits per heavy atom. The number of imidazole rings is 1. The first kappa shape index (κ1) is 30.0. The molecule has 0 unspecified atom stereocenters. The van der Waals surface area contributed by atoms with Crippen LogP contribution in [0.5, 0.6) is 0 Å². The minimum atomic E-state index is 0.880. The summed E-state index contributed by atoms with van der Waals surface area (Å²) in [7, 11) is 0. The molecule has 0 aliphatic heterocycles. The van der Waals surface area contributed by atoms with Crippen molar-refractivity contribution >= 4 is 76.2 Å². The Morgan fingerprint density at radius 3 is 1.45 bits per heavy atom. The Bertz CT molecular complexity index is 3480. The van der Waals surface area contributed by atoms with Crippen molar-refractivity contribution in [3.8, 4) is 28.5 Å². The quantitative estimate of drug-likeness (QED) is 0.171. The molecule has 0 spiro atoms. The van der Waals surface area contributed by atoms with Crippen LogP contribution in [0.25, 0.3) is 105 Å². The van der Waals surface area contributed by atoms with Crippen LogP contribution in [0.4, 0.5) is 0 Å². The molecule has 0 atom stereocenters. The van der Waals surface area contributed by atoms with E-state index >= 15 is 0 Å². The van der Waals surface area contributed by atoms with E-state index in [0.717, 1.165) is 50.4 Å². The van der Waals surface area contributed by atoms with E-state index in [1.165, 1.54) is 54.3 Å². The molecule has 256 valence electrons. The highest BCUT2D eigenvalue weighted by atomic mass is 15.1. The van der Waals surface area contributed by atoms with Gasteiger partial charge in [-0.15, -0.1) is 0 Å². The van der Waals surface area contributed by atoms with E-state index in [1.807, 2.05) is 12.4 Å². The zero-order valence-corrected chi connectivity index (χ0v) is 29.6. The Balaban J connectivity index is 1.22. The maximum absolute atomic E-state index is 5.47. The minimum absolute atomic E-state index is 0.880. The smallest absolute Gasteiger partial charge is 0.145 e. The molecule has 4 aromatic heterocycles. The third-order valence-electron chi connectivity index (χ3n) is 11.3. The Hall–Kier alpha value is -7.50. The summed E-state index contributed by atoms with van der Waals surface area (Å²) in [5.74, 6) is 0.880. The van der Waals surface area contributed by atoms with Gasteiger partial charge in [0.1, 0.15) is 5.82 Å². The number of nitrogens with zero attached hydrogens (tertiary/aromatic N) is 5. The summed E-state index contributed by atoms with van der Waals surface area (Å²) in [5.41, 5.74) is 11.0. The van der Waals surface area contributed by atoms with Gasteiger partial charge in [-0.05, 0) is 65.4 Å². The van der Waals surface area contributed by atoms with Crippen LogP contribution in [0.3, 0.4) is 0 Å². The third-order valence-corrected chi connectivity index (χ3v) is 11.3. The van der Waals surface area contributed by atoms with Crippen molar-refractivity contribution in [3.05, 3.63) is 188 Å². The molecule has 8 aromatic carbocycles. The molecular weight excluding hydrogens is 671 g/mol. The Kier molecular flexibility index (Phi) is 6.27. The van der Waals surface area contributed by atoms with Gasteiger partial charge in [0.25, 0.3) is 0 Å². The molecular formula is C50H31N5. The molecule has 0 radical (unpaired) electrons. The molecule has 4 heterocycles. The Morgan fingerprint density at radius 1 is 0.327 bits per heavy atom. The fourth-order valence-corrected chi connectivity index (χ4v) is 9.04. The van der Waals surface area contributed by atoms with E-state index in [2.05, 4.69) is 195 Å². The highest BCUT2D eigenvalue weighted by Gasteiger charge is 2.23. The van der Waals surface area contributed by atoms with Crippen LogP contribution in [0.1, 0.15) is 0 Å². The van der Waals surface area contributed by atoms with Gasteiger partial charge in [-0.3, -0.25) is 9.55 Å². The number of rotatable bonds is 4. The average molecular weight is 702 g/mol. The van der Waals surface area contributed by atoms with Crippen molar-refractivity contribution in [2.24, 2.45) is 0 Å². The second-order valence-corrected chi connectivity index (χ2v) is 14.2. The predicted molar refractivity (Wildman–Crippen MR) is 228 cm³/mol. The Labute approximate surface area is 315 Å². The fraction of sp³-hybridized carbons (Fsp3) is 0. The van der Waals surface area contributed by atoms with Crippen LogP contribution >= 0.6 is 0 Å². The topological polar surface area (TPSA) is 40.6 Å². The van der Waals surface area contributed by atoms with E-state index < -0.39 is 0 Å². The van der Waals surface area contributed by atoms with E-state index in [9.17, 15) is 0 Å². The molecule has 0 aliphatic carbocycles. The third kappa shape index (κ3) is 4.23.